The Hall–Kier alpha value is 0.160. The first-order chi connectivity index (χ1) is 8.38. The van der Waals surface area contributed by atoms with Gasteiger partial charge in [0.15, 0.2) is 0 Å². The van der Waals surface area contributed by atoms with E-state index < -0.39 is 10.2 Å². The van der Waals surface area contributed by atoms with Gasteiger partial charge < -0.3 is 0 Å². The van der Waals surface area contributed by atoms with Crippen LogP contribution in [0.15, 0.2) is 0 Å². The molecule has 0 aromatic heterocycles. The monoisotopic (exact) mass is 294 g/mol. The Kier molecular flexibility index (Phi) is 4.26. The molecule has 106 valence electrons. The summed E-state index contributed by atoms with van der Waals surface area (Å²) >= 11 is 5.84. The molecule has 2 fully saturated rings. The summed E-state index contributed by atoms with van der Waals surface area (Å²) in [4.78, 5) is 0. The molecule has 0 unspecified atom stereocenters. The van der Waals surface area contributed by atoms with Crippen molar-refractivity contribution < 1.29 is 8.42 Å². The molecule has 0 radical (unpaired) electrons. The zero-order chi connectivity index (χ0) is 13.4. The van der Waals surface area contributed by atoms with E-state index in [4.69, 9.17) is 11.6 Å². The van der Waals surface area contributed by atoms with Crippen LogP contribution in [0.2, 0.25) is 0 Å². The molecule has 0 amide bonds. The summed E-state index contributed by atoms with van der Waals surface area (Å²) in [5, 5.41) is 0. The van der Waals surface area contributed by atoms with Crippen molar-refractivity contribution in [1.82, 2.24) is 8.61 Å². The van der Waals surface area contributed by atoms with Crippen molar-refractivity contribution in [3.05, 3.63) is 0 Å². The van der Waals surface area contributed by atoms with Crippen molar-refractivity contribution in [2.24, 2.45) is 5.92 Å². The van der Waals surface area contributed by atoms with E-state index in [0.29, 0.717) is 31.4 Å². The minimum absolute atomic E-state index is 0.234. The number of nitrogens with zero attached hydrogens (tertiary/aromatic N) is 2. The first kappa shape index (κ1) is 14.6. The van der Waals surface area contributed by atoms with Crippen LogP contribution in [0.5, 0.6) is 0 Å². The van der Waals surface area contributed by atoms with E-state index in [9.17, 15) is 8.42 Å². The molecule has 4 nitrogen and oxygen atoms in total. The lowest BCUT2D eigenvalue weighted by atomic mass is 10.0. The molecule has 6 heteroatoms. The minimum atomic E-state index is -3.28. The van der Waals surface area contributed by atoms with Gasteiger partial charge in [0, 0.05) is 31.1 Å². The number of hydrogen-bond donors (Lipinski definition) is 0. The van der Waals surface area contributed by atoms with E-state index in [1.165, 1.54) is 0 Å². The molecule has 0 atom stereocenters. The van der Waals surface area contributed by atoms with Gasteiger partial charge in [-0.1, -0.05) is 0 Å². The molecule has 0 aromatic carbocycles. The third-order valence-electron chi connectivity index (χ3n) is 4.22. The van der Waals surface area contributed by atoms with Gasteiger partial charge in [0.1, 0.15) is 0 Å². The van der Waals surface area contributed by atoms with Crippen LogP contribution >= 0.6 is 11.6 Å². The Bertz CT molecular complexity index is 389. The van der Waals surface area contributed by atoms with Gasteiger partial charge in [-0.2, -0.15) is 17.0 Å². The molecule has 2 aliphatic heterocycles. The van der Waals surface area contributed by atoms with Crippen molar-refractivity contribution in [3.8, 4) is 0 Å². The molecule has 0 N–H and O–H groups in total. The molecule has 2 heterocycles. The Morgan fingerprint density at radius 1 is 1.22 bits per heavy atom. The van der Waals surface area contributed by atoms with E-state index in [1.54, 1.807) is 8.61 Å². The van der Waals surface area contributed by atoms with Crippen LogP contribution < -0.4 is 0 Å². The number of halogens is 1. The second-order valence-corrected chi connectivity index (χ2v) is 8.15. The number of rotatable bonds is 3. The molecule has 2 saturated heterocycles. The molecule has 2 aliphatic rings. The van der Waals surface area contributed by atoms with Gasteiger partial charge in [-0.3, -0.25) is 0 Å². The maximum atomic E-state index is 12.6. The topological polar surface area (TPSA) is 40.6 Å². The fraction of sp³-hybridized carbons (Fsp3) is 1.00. The van der Waals surface area contributed by atoms with Gasteiger partial charge in [-0.15, -0.1) is 11.6 Å². The third kappa shape index (κ3) is 2.69. The van der Waals surface area contributed by atoms with Gasteiger partial charge >= 0.3 is 0 Å². The SMILES string of the molecule is CC1(C)CCCN1S(=O)(=O)N1CCC(CCl)CC1. The second-order valence-electron chi connectivity index (χ2n) is 5.99. The van der Waals surface area contributed by atoms with E-state index in [2.05, 4.69) is 0 Å². The molecule has 0 bridgehead atoms. The van der Waals surface area contributed by atoms with Crippen LogP contribution in [-0.2, 0) is 10.2 Å². The number of piperidine rings is 1. The largest absolute Gasteiger partial charge is 0.282 e. The summed E-state index contributed by atoms with van der Waals surface area (Å²) < 4.78 is 28.6. The van der Waals surface area contributed by atoms with E-state index in [0.717, 1.165) is 25.7 Å². The summed E-state index contributed by atoms with van der Waals surface area (Å²) in [6.07, 6.45) is 3.68. The second kappa shape index (κ2) is 5.27. The number of hydrogen-bond acceptors (Lipinski definition) is 2. The van der Waals surface area contributed by atoms with Gasteiger partial charge in [-0.25, -0.2) is 0 Å². The van der Waals surface area contributed by atoms with Crippen LogP contribution in [0.25, 0.3) is 0 Å². The predicted octanol–water partition coefficient (Wildman–Crippen LogP) is 2.06. The predicted molar refractivity (Wildman–Crippen MR) is 74.0 cm³/mol. The highest BCUT2D eigenvalue weighted by molar-refractivity contribution is 7.86. The maximum absolute atomic E-state index is 12.6. The van der Waals surface area contributed by atoms with Gasteiger partial charge in [0.05, 0.1) is 0 Å². The summed E-state index contributed by atoms with van der Waals surface area (Å²) in [6.45, 7) is 5.93. The Morgan fingerprint density at radius 3 is 2.28 bits per heavy atom. The normalized spacial score (nSPS) is 27.7. The van der Waals surface area contributed by atoms with Crippen LogP contribution in [0, 0.1) is 5.92 Å². The summed E-state index contributed by atoms with van der Waals surface area (Å²) in [5.41, 5.74) is -0.234. The molecule has 0 saturated carbocycles. The fourth-order valence-electron chi connectivity index (χ4n) is 2.94. The molecule has 0 spiro atoms. The number of alkyl halides is 1. The van der Waals surface area contributed by atoms with Gasteiger partial charge in [0.2, 0.25) is 0 Å². The summed E-state index contributed by atoms with van der Waals surface area (Å²) in [7, 11) is -3.28. The quantitative estimate of drug-likeness (QED) is 0.748. The van der Waals surface area contributed by atoms with E-state index in [1.807, 2.05) is 13.8 Å². The maximum Gasteiger partial charge on any atom is 0.282 e. The van der Waals surface area contributed by atoms with Crippen LogP contribution in [0.4, 0.5) is 0 Å². The molecule has 0 aliphatic carbocycles. The fourth-order valence-corrected chi connectivity index (χ4v) is 5.28. The van der Waals surface area contributed by atoms with Gasteiger partial charge in [0.25, 0.3) is 10.2 Å². The van der Waals surface area contributed by atoms with Crippen molar-refractivity contribution in [2.75, 3.05) is 25.5 Å². The lowest BCUT2D eigenvalue weighted by Gasteiger charge is -2.38. The molecular formula is C12H23ClN2O2S. The van der Waals surface area contributed by atoms with Crippen molar-refractivity contribution in [1.29, 1.82) is 0 Å². The summed E-state index contributed by atoms with van der Waals surface area (Å²) in [5.74, 6) is 1.12. The molecular weight excluding hydrogens is 272 g/mol. The molecule has 0 aromatic rings. The lowest BCUT2D eigenvalue weighted by molar-refractivity contribution is 0.233. The highest BCUT2D eigenvalue weighted by Crippen LogP contribution is 2.33. The Morgan fingerprint density at radius 2 is 1.83 bits per heavy atom. The first-order valence-corrected chi connectivity index (χ1v) is 8.65. The lowest BCUT2D eigenvalue weighted by Crippen LogP contribution is -2.52. The zero-order valence-corrected chi connectivity index (χ0v) is 12.8. The van der Waals surface area contributed by atoms with Crippen molar-refractivity contribution >= 4 is 21.8 Å². The highest BCUT2D eigenvalue weighted by atomic mass is 35.5. The van der Waals surface area contributed by atoms with Crippen molar-refractivity contribution in [2.45, 2.75) is 45.1 Å². The van der Waals surface area contributed by atoms with Gasteiger partial charge in [-0.05, 0) is 45.4 Å². The van der Waals surface area contributed by atoms with Crippen LogP contribution in [0.1, 0.15) is 39.5 Å². The Labute approximate surface area is 115 Å². The minimum Gasteiger partial charge on any atom is -0.195 e. The first-order valence-electron chi connectivity index (χ1n) is 6.72. The Balaban J connectivity index is 2.08. The zero-order valence-electron chi connectivity index (χ0n) is 11.2. The van der Waals surface area contributed by atoms with E-state index >= 15 is 0 Å². The highest BCUT2D eigenvalue weighted by Gasteiger charge is 2.43. The average molecular weight is 295 g/mol. The third-order valence-corrected chi connectivity index (χ3v) is 6.91. The van der Waals surface area contributed by atoms with E-state index in [-0.39, 0.29) is 5.54 Å². The average Bonchev–Trinajstić information content (AvgIpc) is 2.69. The molecule has 2 rings (SSSR count). The van der Waals surface area contributed by atoms with Crippen molar-refractivity contribution in [3.63, 3.8) is 0 Å². The standard InChI is InChI=1S/C12H23ClN2O2S/c1-12(2)6-3-7-15(12)18(16,17)14-8-4-11(10-13)5-9-14/h11H,3-10H2,1-2H3. The smallest absolute Gasteiger partial charge is 0.195 e. The summed E-state index contributed by atoms with van der Waals surface area (Å²) in [6, 6.07) is 0. The van der Waals surface area contributed by atoms with Crippen LogP contribution in [0.3, 0.4) is 0 Å². The van der Waals surface area contributed by atoms with Crippen LogP contribution in [-0.4, -0.2) is 48.1 Å². The molecule has 18 heavy (non-hydrogen) atoms.